The van der Waals surface area contributed by atoms with Crippen LogP contribution in [0, 0.1) is 17.5 Å². The maximum Gasteiger partial charge on any atom is 0.272 e. The number of nitrogens with one attached hydrogen (secondary N) is 3. The third kappa shape index (κ3) is 3.53. The molecule has 3 rings (SSSR count). The van der Waals surface area contributed by atoms with Crippen LogP contribution in [0.15, 0.2) is 35.2 Å². The lowest BCUT2D eigenvalue weighted by Crippen LogP contribution is -2.46. The minimum atomic E-state index is -2.81. The van der Waals surface area contributed by atoms with Crippen LogP contribution in [-0.2, 0) is 11.0 Å². The van der Waals surface area contributed by atoms with E-state index in [0.29, 0.717) is 12.1 Å². The molecule has 0 spiro atoms. The van der Waals surface area contributed by atoms with E-state index >= 15 is 0 Å². The molecule has 0 saturated heterocycles. The van der Waals surface area contributed by atoms with Crippen molar-refractivity contribution in [2.45, 2.75) is 17.5 Å². The SMILES string of the molecule is O=C(Nc1cc(F)c(F)c(F)c1)c1ccc2c(c1)S(=O)NC(C(F)F)N2. The Labute approximate surface area is 146 Å². The molecule has 0 aliphatic carbocycles. The van der Waals surface area contributed by atoms with E-state index in [1.807, 2.05) is 0 Å². The maximum atomic E-state index is 13.2. The molecule has 11 heteroatoms. The van der Waals surface area contributed by atoms with Crippen LogP contribution >= 0.6 is 0 Å². The Morgan fingerprint density at radius 3 is 2.38 bits per heavy atom. The summed E-state index contributed by atoms with van der Waals surface area (Å²) in [5.74, 6) is -5.43. The highest BCUT2D eigenvalue weighted by molar-refractivity contribution is 7.83. The zero-order valence-corrected chi connectivity index (χ0v) is 13.5. The first kappa shape index (κ1) is 18.3. The number of hydrogen-bond acceptors (Lipinski definition) is 3. The van der Waals surface area contributed by atoms with Gasteiger partial charge in [0.25, 0.3) is 12.3 Å². The molecule has 0 bridgehead atoms. The molecule has 2 atom stereocenters. The zero-order chi connectivity index (χ0) is 19.0. The van der Waals surface area contributed by atoms with Crippen molar-refractivity contribution in [3.8, 4) is 0 Å². The molecule has 0 fully saturated rings. The van der Waals surface area contributed by atoms with E-state index < -0.39 is 46.9 Å². The van der Waals surface area contributed by atoms with Crippen LogP contribution in [0.4, 0.5) is 33.3 Å². The molecule has 26 heavy (non-hydrogen) atoms. The predicted octanol–water partition coefficient (Wildman–Crippen LogP) is 2.99. The average Bonchev–Trinajstić information content (AvgIpc) is 2.59. The van der Waals surface area contributed by atoms with Gasteiger partial charge >= 0.3 is 0 Å². The number of rotatable bonds is 3. The quantitative estimate of drug-likeness (QED) is 0.557. The molecular weight excluding hydrogens is 381 g/mol. The predicted molar refractivity (Wildman–Crippen MR) is 83.7 cm³/mol. The lowest BCUT2D eigenvalue weighted by atomic mass is 10.1. The van der Waals surface area contributed by atoms with Gasteiger partial charge in [0, 0.05) is 23.4 Å². The summed E-state index contributed by atoms with van der Waals surface area (Å²) in [6.07, 6.45) is -4.31. The van der Waals surface area contributed by atoms with Gasteiger partial charge in [0.1, 0.15) is 11.0 Å². The van der Waals surface area contributed by atoms with E-state index in [4.69, 9.17) is 0 Å². The van der Waals surface area contributed by atoms with Crippen LogP contribution in [0.2, 0.25) is 0 Å². The number of alkyl halides is 2. The van der Waals surface area contributed by atoms with Gasteiger partial charge in [0.2, 0.25) is 0 Å². The van der Waals surface area contributed by atoms with Crippen LogP contribution < -0.4 is 15.4 Å². The molecule has 3 N–H and O–H groups in total. The second kappa shape index (κ2) is 7.00. The third-order valence-corrected chi connectivity index (χ3v) is 4.69. The van der Waals surface area contributed by atoms with Gasteiger partial charge in [-0.3, -0.25) is 4.79 Å². The highest BCUT2D eigenvalue weighted by Gasteiger charge is 2.29. The Morgan fingerprint density at radius 2 is 1.77 bits per heavy atom. The van der Waals surface area contributed by atoms with Crippen molar-refractivity contribution >= 4 is 28.3 Å². The molecular formula is C15H10F5N3O2S. The number of benzene rings is 2. The van der Waals surface area contributed by atoms with Crippen molar-refractivity contribution in [2.75, 3.05) is 10.6 Å². The number of carbonyl (C=O) groups is 1. The molecule has 0 radical (unpaired) electrons. The first-order chi connectivity index (χ1) is 12.3. The summed E-state index contributed by atoms with van der Waals surface area (Å²) in [5, 5.41) is 4.61. The fraction of sp³-hybridized carbons (Fsp3) is 0.133. The summed E-state index contributed by atoms with van der Waals surface area (Å²) in [6, 6.07) is 4.91. The highest BCUT2D eigenvalue weighted by Crippen LogP contribution is 2.27. The fourth-order valence-electron chi connectivity index (χ4n) is 2.26. The van der Waals surface area contributed by atoms with Gasteiger partial charge in [-0.25, -0.2) is 30.9 Å². The first-order valence-corrected chi connectivity index (χ1v) is 8.24. The topological polar surface area (TPSA) is 70.2 Å². The molecule has 138 valence electrons. The van der Waals surface area contributed by atoms with Gasteiger partial charge in [-0.05, 0) is 18.2 Å². The van der Waals surface area contributed by atoms with Crippen LogP contribution in [-0.4, -0.2) is 22.7 Å². The summed E-state index contributed by atoms with van der Waals surface area (Å²) in [5.41, 5.74) is -0.205. The van der Waals surface area contributed by atoms with Crippen molar-refractivity contribution in [3.05, 3.63) is 53.3 Å². The van der Waals surface area contributed by atoms with Crippen LogP contribution in [0.1, 0.15) is 10.4 Å². The maximum absolute atomic E-state index is 13.2. The molecule has 1 aliphatic heterocycles. The molecule has 5 nitrogen and oxygen atoms in total. The summed E-state index contributed by atoms with van der Waals surface area (Å²) in [4.78, 5) is 12.2. The van der Waals surface area contributed by atoms with Gasteiger partial charge in [-0.2, -0.15) is 0 Å². The standard InChI is InChI=1S/C15H10F5N3O2S/c16-8-4-7(5-9(17)12(8)18)21-15(24)6-1-2-10-11(3-6)26(25)23-14(22-10)13(19)20/h1-5,13-14,22-23H,(H,21,24). The summed E-state index contributed by atoms with van der Waals surface area (Å²) >= 11 is 0. The van der Waals surface area contributed by atoms with Crippen LogP contribution in [0.25, 0.3) is 0 Å². The Bertz CT molecular complexity index is 886. The van der Waals surface area contributed by atoms with Crippen molar-refractivity contribution in [1.82, 2.24) is 4.72 Å². The number of anilines is 2. The van der Waals surface area contributed by atoms with E-state index in [-0.39, 0.29) is 21.8 Å². The zero-order valence-electron chi connectivity index (χ0n) is 12.7. The van der Waals surface area contributed by atoms with E-state index in [2.05, 4.69) is 15.4 Å². The minimum absolute atomic E-state index is 0.0404. The van der Waals surface area contributed by atoms with Gasteiger partial charge in [0.15, 0.2) is 23.6 Å². The summed E-state index contributed by atoms with van der Waals surface area (Å²) < 4.78 is 78.9. The molecule has 1 amide bonds. The molecule has 2 unspecified atom stereocenters. The Balaban J connectivity index is 1.84. The number of fused-ring (bicyclic) bond motifs is 1. The average molecular weight is 391 g/mol. The molecule has 0 aromatic heterocycles. The highest BCUT2D eigenvalue weighted by atomic mass is 32.2. The minimum Gasteiger partial charge on any atom is -0.363 e. The van der Waals surface area contributed by atoms with Gasteiger partial charge in [0.05, 0.1) is 10.6 Å². The van der Waals surface area contributed by atoms with Gasteiger partial charge in [-0.1, -0.05) is 0 Å². The molecule has 1 heterocycles. The molecule has 2 aromatic carbocycles. The number of amides is 1. The Kier molecular flexibility index (Phi) is 4.92. The molecule has 2 aromatic rings. The fourth-order valence-corrected chi connectivity index (χ4v) is 3.34. The lowest BCUT2D eigenvalue weighted by Gasteiger charge is -2.27. The second-order valence-corrected chi connectivity index (χ2v) is 6.47. The van der Waals surface area contributed by atoms with Crippen molar-refractivity contribution < 1.29 is 31.0 Å². The number of halogens is 5. The molecule has 1 aliphatic rings. The van der Waals surface area contributed by atoms with Crippen LogP contribution in [0.3, 0.4) is 0 Å². The first-order valence-electron chi connectivity index (χ1n) is 7.09. The monoisotopic (exact) mass is 391 g/mol. The molecule has 0 saturated carbocycles. The van der Waals surface area contributed by atoms with E-state index in [0.717, 1.165) is 0 Å². The van der Waals surface area contributed by atoms with Crippen molar-refractivity contribution in [2.24, 2.45) is 0 Å². The normalized spacial score (nSPS) is 19.0. The van der Waals surface area contributed by atoms with E-state index in [1.54, 1.807) is 0 Å². The second-order valence-electron chi connectivity index (χ2n) is 5.26. The van der Waals surface area contributed by atoms with E-state index in [1.165, 1.54) is 18.2 Å². The summed E-state index contributed by atoms with van der Waals surface area (Å²) in [7, 11) is -1.99. The summed E-state index contributed by atoms with van der Waals surface area (Å²) in [6.45, 7) is 0. The van der Waals surface area contributed by atoms with Crippen molar-refractivity contribution in [3.63, 3.8) is 0 Å². The smallest absolute Gasteiger partial charge is 0.272 e. The lowest BCUT2D eigenvalue weighted by molar-refractivity contribution is 0.102. The largest absolute Gasteiger partial charge is 0.363 e. The Morgan fingerprint density at radius 1 is 1.12 bits per heavy atom. The van der Waals surface area contributed by atoms with Gasteiger partial charge < -0.3 is 10.6 Å². The van der Waals surface area contributed by atoms with Crippen LogP contribution in [0.5, 0.6) is 0 Å². The Hall–Kier alpha value is -2.53. The van der Waals surface area contributed by atoms with Gasteiger partial charge in [-0.15, -0.1) is 0 Å². The number of hydrogen-bond donors (Lipinski definition) is 3. The van der Waals surface area contributed by atoms with Crippen molar-refractivity contribution in [1.29, 1.82) is 0 Å². The van der Waals surface area contributed by atoms with E-state index in [9.17, 15) is 31.0 Å². The third-order valence-electron chi connectivity index (χ3n) is 3.48. The number of carbonyl (C=O) groups excluding carboxylic acids is 1.